The molecule has 128 valence electrons. The molecule has 0 saturated carbocycles. The van der Waals surface area contributed by atoms with Crippen LogP contribution in [0.15, 0.2) is 42.5 Å². The quantitative estimate of drug-likeness (QED) is 0.581. The molecular weight excluding hydrogens is 332 g/mol. The maximum absolute atomic E-state index is 12.9. The summed E-state index contributed by atoms with van der Waals surface area (Å²) in [5.41, 5.74) is 1.48. The van der Waals surface area contributed by atoms with E-state index < -0.39 is 17.1 Å². The molecule has 0 saturated heterocycles. The van der Waals surface area contributed by atoms with Crippen LogP contribution in [0.4, 0.5) is 0 Å². The van der Waals surface area contributed by atoms with Crippen molar-refractivity contribution in [3.8, 4) is 11.5 Å². The van der Waals surface area contributed by atoms with Crippen molar-refractivity contribution in [1.29, 1.82) is 0 Å². The van der Waals surface area contributed by atoms with Gasteiger partial charge in [-0.2, -0.15) is 0 Å². The van der Waals surface area contributed by atoms with E-state index in [0.717, 1.165) is 22.2 Å². The van der Waals surface area contributed by atoms with Crippen molar-refractivity contribution >= 4 is 28.1 Å². The molecule has 0 bridgehead atoms. The van der Waals surface area contributed by atoms with Gasteiger partial charge in [-0.1, -0.05) is 13.1 Å². The molecule has 0 aliphatic heterocycles. The second-order valence-electron chi connectivity index (χ2n) is 7.18. The van der Waals surface area contributed by atoms with Gasteiger partial charge in [0.05, 0.1) is 15.9 Å². The molecule has 0 unspecified atom stereocenters. The standard InChI is InChI=1S/C19H26O3Si2/c1-21-16-11-12-17(18(13-16)23(2)3)19(20)14-7-9-15(10-8-14)22-24(4,5)6/h7-13,23H,1-6H3. The second kappa shape index (κ2) is 7.36. The summed E-state index contributed by atoms with van der Waals surface area (Å²) in [6, 6.07) is 13.2. The van der Waals surface area contributed by atoms with Crippen molar-refractivity contribution in [2.75, 3.05) is 7.11 Å². The van der Waals surface area contributed by atoms with Gasteiger partial charge in [-0.3, -0.25) is 4.79 Å². The number of carbonyl (C=O) groups is 1. The number of hydrogen-bond donors (Lipinski definition) is 0. The largest absolute Gasteiger partial charge is 0.544 e. The first-order valence-corrected chi connectivity index (χ1v) is 14.5. The van der Waals surface area contributed by atoms with Crippen molar-refractivity contribution in [2.45, 2.75) is 32.7 Å². The van der Waals surface area contributed by atoms with Gasteiger partial charge in [-0.05, 0) is 67.3 Å². The van der Waals surface area contributed by atoms with E-state index in [1.165, 1.54) is 0 Å². The van der Waals surface area contributed by atoms with Gasteiger partial charge >= 0.3 is 0 Å². The van der Waals surface area contributed by atoms with E-state index in [2.05, 4.69) is 32.7 Å². The molecule has 0 radical (unpaired) electrons. The Kier molecular flexibility index (Phi) is 5.67. The van der Waals surface area contributed by atoms with E-state index in [1.807, 2.05) is 42.5 Å². The van der Waals surface area contributed by atoms with Gasteiger partial charge in [0.25, 0.3) is 0 Å². The maximum atomic E-state index is 12.9. The van der Waals surface area contributed by atoms with Crippen LogP contribution < -0.4 is 14.3 Å². The van der Waals surface area contributed by atoms with Gasteiger partial charge in [0.15, 0.2) is 5.78 Å². The predicted octanol–water partition coefficient (Wildman–Crippen LogP) is 3.83. The molecule has 0 aliphatic rings. The Hall–Kier alpha value is -1.86. The minimum absolute atomic E-state index is 0.0633. The van der Waals surface area contributed by atoms with Crippen LogP contribution in [-0.2, 0) is 0 Å². The molecule has 0 spiro atoms. The van der Waals surface area contributed by atoms with Crippen LogP contribution in [0.25, 0.3) is 0 Å². The van der Waals surface area contributed by atoms with Gasteiger partial charge in [0, 0.05) is 11.1 Å². The highest BCUT2D eigenvalue weighted by Crippen LogP contribution is 2.19. The Morgan fingerprint density at radius 3 is 2.04 bits per heavy atom. The molecule has 0 aromatic heterocycles. The summed E-state index contributed by atoms with van der Waals surface area (Å²) in [6.07, 6.45) is 0. The molecule has 3 nitrogen and oxygen atoms in total. The Balaban J connectivity index is 2.32. The lowest BCUT2D eigenvalue weighted by Gasteiger charge is -2.19. The Morgan fingerprint density at radius 1 is 0.958 bits per heavy atom. The van der Waals surface area contributed by atoms with E-state index in [0.29, 0.717) is 5.56 Å². The third kappa shape index (κ3) is 4.58. The number of hydrogen-bond acceptors (Lipinski definition) is 3. The number of carbonyl (C=O) groups excluding carboxylic acids is 1. The number of rotatable bonds is 6. The average molecular weight is 359 g/mol. The van der Waals surface area contributed by atoms with E-state index in [-0.39, 0.29) is 5.78 Å². The van der Waals surface area contributed by atoms with Crippen molar-refractivity contribution in [3.05, 3.63) is 53.6 Å². The summed E-state index contributed by atoms with van der Waals surface area (Å²) in [4.78, 5) is 12.9. The number of methoxy groups -OCH3 is 1. The highest BCUT2D eigenvalue weighted by Gasteiger charge is 2.19. The molecule has 0 heterocycles. The predicted molar refractivity (Wildman–Crippen MR) is 105 cm³/mol. The average Bonchev–Trinajstić information content (AvgIpc) is 2.52. The summed E-state index contributed by atoms with van der Waals surface area (Å²) in [6.45, 7) is 10.9. The summed E-state index contributed by atoms with van der Waals surface area (Å²) >= 11 is 0. The number of ether oxygens (including phenoxy) is 1. The minimum atomic E-state index is -1.63. The van der Waals surface area contributed by atoms with Gasteiger partial charge in [-0.25, -0.2) is 0 Å². The van der Waals surface area contributed by atoms with Crippen molar-refractivity contribution < 1.29 is 14.0 Å². The van der Waals surface area contributed by atoms with Gasteiger partial charge in [0.1, 0.15) is 11.5 Å². The SMILES string of the molecule is COc1ccc(C(=O)c2ccc(O[Si](C)(C)C)cc2)c([SiH](C)C)c1. The van der Waals surface area contributed by atoms with Gasteiger partial charge in [-0.15, -0.1) is 0 Å². The fraction of sp³-hybridized carbons (Fsp3) is 0.316. The summed E-state index contributed by atoms with van der Waals surface area (Å²) in [5, 5.41) is 1.14. The van der Waals surface area contributed by atoms with E-state index >= 15 is 0 Å². The lowest BCUT2D eigenvalue weighted by Crippen LogP contribution is -2.30. The molecule has 0 fully saturated rings. The fourth-order valence-corrected chi connectivity index (χ4v) is 4.73. The normalized spacial score (nSPS) is 11.5. The molecule has 2 rings (SSSR count). The van der Waals surface area contributed by atoms with Gasteiger partial charge < -0.3 is 9.16 Å². The Labute approximate surface area is 147 Å². The molecule has 0 atom stereocenters. The second-order valence-corrected chi connectivity index (χ2v) is 14.5. The van der Waals surface area contributed by atoms with E-state index in [1.54, 1.807) is 7.11 Å². The topological polar surface area (TPSA) is 35.5 Å². The van der Waals surface area contributed by atoms with Crippen LogP contribution >= 0.6 is 0 Å². The lowest BCUT2D eigenvalue weighted by molar-refractivity contribution is 0.103. The fourth-order valence-electron chi connectivity index (χ4n) is 2.54. The third-order valence-electron chi connectivity index (χ3n) is 3.67. The molecule has 5 heteroatoms. The molecule has 0 N–H and O–H groups in total. The number of benzene rings is 2. The molecule has 24 heavy (non-hydrogen) atoms. The van der Waals surface area contributed by atoms with Crippen LogP contribution in [0.3, 0.4) is 0 Å². The zero-order valence-electron chi connectivity index (χ0n) is 15.3. The van der Waals surface area contributed by atoms with Crippen LogP contribution in [-0.4, -0.2) is 30.0 Å². The Morgan fingerprint density at radius 2 is 1.54 bits per heavy atom. The van der Waals surface area contributed by atoms with Crippen molar-refractivity contribution in [3.63, 3.8) is 0 Å². The van der Waals surface area contributed by atoms with Crippen LogP contribution in [0.1, 0.15) is 15.9 Å². The number of ketones is 1. The Bertz CT molecular complexity index is 716. The first kappa shape index (κ1) is 18.5. The van der Waals surface area contributed by atoms with Crippen LogP contribution in [0.2, 0.25) is 32.7 Å². The van der Waals surface area contributed by atoms with E-state index in [9.17, 15) is 4.79 Å². The van der Waals surface area contributed by atoms with Crippen molar-refractivity contribution in [2.24, 2.45) is 0 Å². The van der Waals surface area contributed by atoms with Crippen LogP contribution in [0.5, 0.6) is 11.5 Å². The summed E-state index contributed by atoms with van der Waals surface area (Å²) in [5.74, 6) is 1.70. The minimum Gasteiger partial charge on any atom is -0.544 e. The summed E-state index contributed by atoms with van der Waals surface area (Å²) < 4.78 is 11.3. The zero-order chi connectivity index (χ0) is 17.9. The molecule has 0 aliphatic carbocycles. The van der Waals surface area contributed by atoms with Crippen molar-refractivity contribution in [1.82, 2.24) is 0 Å². The first-order chi connectivity index (χ1) is 11.2. The molecule has 2 aromatic carbocycles. The lowest BCUT2D eigenvalue weighted by atomic mass is 10.0. The third-order valence-corrected chi connectivity index (χ3v) is 6.24. The van der Waals surface area contributed by atoms with Crippen LogP contribution in [0, 0.1) is 0 Å². The molecule has 2 aromatic rings. The highest BCUT2D eigenvalue weighted by molar-refractivity contribution is 6.72. The zero-order valence-corrected chi connectivity index (χ0v) is 17.5. The summed E-state index contributed by atoms with van der Waals surface area (Å²) in [7, 11) is -1.13. The van der Waals surface area contributed by atoms with E-state index in [4.69, 9.17) is 9.16 Å². The molecular formula is C19H26O3Si2. The highest BCUT2D eigenvalue weighted by atomic mass is 28.4. The smallest absolute Gasteiger partial charge is 0.242 e. The molecule has 0 amide bonds. The maximum Gasteiger partial charge on any atom is 0.242 e. The first-order valence-electron chi connectivity index (χ1n) is 8.23. The van der Waals surface area contributed by atoms with Gasteiger partial charge in [0.2, 0.25) is 8.32 Å². The monoisotopic (exact) mass is 358 g/mol.